The summed E-state index contributed by atoms with van der Waals surface area (Å²) in [6.45, 7) is 4.31. The minimum Gasteiger partial charge on any atom is -0.496 e. The van der Waals surface area contributed by atoms with Crippen molar-refractivity contribution in [1.82, 2.24) is 14.9 Å². The van der Waals surface area contributed by atoms with Gasteiger partial charge in [-0.15, -0.1) is 0 Å². The third-order valence-corrected chi connectivity index (χ3v) is 4.84. The predicted molar refractivity (Wildman–Crippen MR) is 97.7 cm³/mol. The highest BCUT2D eigenvalue weighted by molar-refractivity contribution is 5.88. The van der Waals surface area contributed by atoms with Gasteiger partial charge in [0.05, 0.1) is 23.7 Å². The Morgan fingerprint density at radius 2 is 2.16 bits per heavy atom. The van der Waals surface area contributed by atoms with Crippen molar-refractivity contribution in [3.8, 4) is 5.75 Å². The molecule has 0 aliphatic heterocycles. The second kappa shape index (κ2) is 6.52. The maximum Gasteiger partial charge on any atom is 0.328 e. The minimum absolute atomic E-state index is 0.0771. The van der Waals surface area contributed by atoms with E-state index in [9.17, 15) is 4.79 Å². The van der Waals surface area contributed by atoms with E-state index in [1.165, 1.54) is 6.42 Å². The quantitative estimate of drug-likeness (QED) is 0.789. The van der Waals surface area contributed by atoms with Crippen LogP contribution in [0.1, 0.15) is 44.5 Å². The molecule has 2 aromatic rings. The average Bonchev–Trinajstić information content (AvgIpc) is 2.84. The third-order valence-electron chi connectivity index (χ3n) is 4.84. The molecule has 25 heavy (non-hydrogen) atoms. The van der Waals surface area contributed by atoms with E-state index in [0.717, 1.165) is 41.3 Å². The lowest BCUT2D eigenvalue weighted by atomic mass is 9.75. The van der Waals surface area contributed by atoms with Crippen LogP contribution in [-0.2, 0) is 17.4 Å². The lowest BCUT2D eigenvalue weighted by Crippen LogP contribution is -2.52. The van der Waals surface area contributed by atoms with Gasteiger partial charge in [0.2, 0.25) is 0 Å². The van der Waals surface area contributed by atoms with Gasteiger partial charge in [-0.3, -0.25) is 0 Å². The molecule has 1 aliphatic carbocycles. The molecule has 1 aliphatic rings. The maximum atomic E-state index is 10.8. The van der Waals surface area contributed by atoms with Gasteiger partial charge in [0.15, 0.2) is 0 Å². The summed E-state index contributed by atoms with van der Waals surface area (Å²) in [4.78, 5) is 15.7. The number of carboxylic acid groups (broad SMARTS) is 1. The number of hydrogen-bond donors (Lipinski definition) is 2. The Kier molecular flexibility index (Phi) is 4.56. The Hall–Kier alpha value is -2.34. The molecule has 3 rings (SSSR count). The molecule has 0 radical (unpaired) electrons. The number of rotatable bonds is 6. The zero-order valence-corrected chi connectivity index (χ0v) is 15.2. The van der Waals surface area contributed by atoms with E-state index < -0.39 is 5.97 Å². The van der Waals surface area contributed by atoms with Crippen molar-refractivity contribution < 1.29 is 14.6 Å². The fraction of sp³-hybridized carbons (Fsp3) is 0.474. The molecule has 6 nitrogen and oxygen atoms in total. The molecular formula is C19H25N3O3. The summed E-state index contributed by atoms with van der Waals surface area (Å²) in [6, 6.07) is 4.19. The molecule has 0 saturated heterocycles. The van der Waals surface area contributed by atoms with E-state index in [0.29, 0.717) is 11.8 Å². The zero-order chi connectivity index (χ0) is 18.2. The van der Waals surface area contributed by atoms with Crippen molar-refractivity contribution in [2.75, 3.05) is 7.11 Å². The number of ether oxygens (including phenoxy) is 1. The molecule has 0 spiro atoms. The topological polar surface area (TPSA) is 76.4 Å². The first kappa shape index (κ1) is 17.5. The van der Waals surface area contributed by atoms with Crippen LogP contribution in [0.2, 0.25) is 0 Å². The van der Waals surface area contributed by atoms with Gasteiger partial charge in [-0.25, -0.2) is 9.78 Å². The van der Waals surface area contributed by atoms with E-state index in [1.54, 1.807) is 13.2 Å². The molecule has 0 amide bonds. The summed E-state index contributed by atoms with van der Waals surface area (Å²) in [6.07, 6.45) is 6.02. The Labute approximate surface area is 147 Å². The molecule has 1 aromatic carbocycles. The van der Waals surface area contributed by atoms with Crippen LogP contribution in [0.3, 0.4) is 0 Å². The van der Waals surface area contributed by atoms with E-state index in [1.807, 2.05) is 19.2 Å². The molecular weight excluding hydrogens is 318 g/mol. The number of benzene rings is 1. The first-order valence-corrected chi connectivity index (χ1v) is 8.60. The molecule has 134 valence electrons. The number of carboxylic acids is 1. The molecule has 2 N–H and O–H groups in total. The van der Waals surface area contributed by atoms with E-state index in [2.05, 4.69) is 23.7 Å². The third kappa shape index (κ3) is 3.14. The largest absolute Gasteiger partial charge is 0.496 e. The van der Waals surface area contributed by atoms with Crippen LogP contribution in [0.5, 0.6) is 5.75 Å². The first-order valence-electron chi connectivity index (χ1n) is 8.60. The van der Waals surface area contributed by atoms with Gasteiger partial charge >= 0.3 is 5.97 Å². The van der Waals surface area contributed by atoms with Crippen LogP contribution < -0.4 is 10.1 Å². The normalized spacial score (nSPS) is 16.5. The average molecular weight is 343 g/mol. The Morgan fingerprint density at radius 3 is 2.68 bits per heavy atom. The van der Waals surface area contributed by atoms with Crippen LogP contribution in [0.4, 0.5) is 0 Å². The highest BCUT2D eigenvalue weighted by Crippen LogP contribution is 2.42. The lowest BCUT2D eigenvalue weighted by Gasteiger charge is -2.43. The molecule has 1 fully saturated rings. The summed E-state index contributed by atoms with van der Waals surface area (Å²) in [5.74, 6) is 0.667. The second-order valence-electron chi connectivity index (χ2n) is 6.98. The molecule has 1 aromatic heterocycles. The van der Waals surface area contributed by atoms with Crippen LogP contribution in [0, 0.1) is 0 Å². The number of carbonyl (C=O) groups is 1. The van der Waals surface area contributed by atoms with Gasteiger partial charge < -0.3 is 19.7 Å². The Balaban J connectivity index is 2.11. The van der Waals surface area contributed by atoms with Crippen LogP contribution in [0.25, 0.3) is 17.1 Å². The highest BCUT2D eigenvalue weighted by Gasteiger charge is 2.42. The SMILES string of the molecule is COc1cc2nc(C3(NC(C)C)CCC3)n(C)c2cc1/C=C/C(=O)O. The van der Waals surface area contributed by atoms with Crippen molar-refractivity contribution in [3.05, 3.63) is 29.6 Å². The van der Waals surface area contributed by atoms with Crippen molar-refractivity contribution in [3.63, 3.8) is 0 Å². The number of aryl methyl sites for hydroxylation is 1. The Bertz CT molecular complexity index is 832. The summed E-state index contributed by atoms with van der Waals surface area (Å²) < 4.78 is 7.53. The number of aromatic nitrogens is 2. The van der Waals surface area contributed by atoms with Gasteiger partial charge in [0.25, 0.3) is 0 Å². The van der Waals surface area contributed by atoms with Gasteiger partial charge in [0, 0.05) is 30.8 Å². The fourth-order valence-electron chi connectivity index (χ4n) is 3.65. The zero-order valence-electron chi connectivity index (χ0n) is 15.2. The van der Waals surface area contributed by atoms with Crippen LogP contribution in [-0.4, -0.2) is 33.8 Å². The number of nitrogens with one attached hydrogen (secondary N) is 1. The molecule has 1 heterocycles. The summed E-state index contributed by atoms with van der Waals surface area (Å²) in [5.41, 5.74) is 2.48. The van der Waals surface area contributed by atoms with Crippen molar-refractivity contribution in [2.24, 2.45) is 7.05 Å². The fourth-order valence-corrected chi connectivity index (χ4v) is 3.65. The highest BCUT2D eigenvalue weighted by atomic mass is 16.5. The summed E-state index contributed by atoms with van der Waals surface area (Å²) in [7, 11) is 3.60. The van der Waals surface area contributed by atoms with Gasteiger partial charge in [-0.05, 0) is 45.3 Å². The minimum atomic E-state index is -0.984. The van der Waals surface area contributed by atoms with Crippen LogP contribution >= 0.6 is 0 Å². The molecule has 0 atom stereocenters. The number of nitrogens with zero attached hydrogens (tertiary/aromatic N) is 2. The van der Waals surface area contributed by atoms with Gasteiger partial charge in [0.1, 0.15) is 11.6 Å². The predicted octanol–water partition coefficient (Wildman–Crippen LogP) is 3.06. The molecule has 0 unspecified atom stereocenters. The standard InChI is InChI=1S/C19H25N3O3/c1-12(2)21-19(8-5-9-19)18-20-14-11-16(25-4)13(6-7-17(23)24)10-15(14)22(18)3/h6-7,10-12,21H,5,8-9H2,1-4H3,(H,23,24)/b7-6+. The number of fused-ring (bicyclic) bond motifs is 1. The second-order valence-corrected chi connectivity index (χ2v) is 6.98. The van der Waals surface area contributed by atoms with Crippen molar-refractivity contribution in [1.29, 1.82) is 0 Å². The molecule has 1 saturated carbocycles. The lowest BCUT2D eigenvalue weighted by molar-refractivity contribution is -0.131. The monoisotopic (exact) mass is 343 g/mol. The number of methoxy groups -OCH3 is 1. The van der Waals surface area contributed by atoms with Crippen molar-refractivity contribution >= 4 is 23.1 Å². The van der Waals surface area contributed by atoms with E-state index in [-0.39, 0.29) is 5.54 Å². The summed E-state index contributed by atoms with van der Waals surface area (Å²) >= 11 is 0. The number of aliphatic carboxylic acids is 1. The van der Waals surface area contributed by atoms with Crippen molar-refractivity contribution in [2.45, 2.75) is 44.7 Å². The maximum absolute atomic E-state index is 10.8. The summed E-state index contributed by atoms with van der Waals surface area (Å²) in [5, 5.41) is 12.6. The van der Waals surface area contributed by atoms with Gasteiger partial charge in [-0.1, -0.05) is 0 Å². The molecule has 6 heteroatoms. The first-order chi connectivity index (χ1) is 11.9. The number of hydrogen-bond acceptors (Lipinski definition) is 4. The smallest absolute Gasteiger partial charge is 0.328 e. The van der Waals surface area contributed by atoms with Crippen LogP contribution in [0.15, 0.2) is 18.2 Å². The molecule has 0 bridgehead atoms. The van der Waals surface area contributed by atoms with E-state index >= 15 is 0 Å². The Morgan fingerprint density at radius 1 is 1.44 bits per heavy atom. The van der Waals surface area contributed by atoms with E-state index in [4.69, 9.17) is 14.8 Å². The number of imidazole rings is 1. The van der Waals surface area contributed by atoms with Gasteiger partial charge in [-0.2, -0.15) is 0 Å².